The topological polar surface area (TPSA) is 56.2 Å². The second-order valence-corrected chi connectivity index (χ2v) is 5.99. The summed E-state index contributed by atoms with van der Waals surface area (Å²) >= 11 is 0. The van der Waals surface area contributed by atoms with Gasteiger partial charge in [-0.15, -0.1) is 0 Å². The average Bonchev–Trinajstić information content (AvgIpc) is 2.87. The molecule has 1 saturated heterocycles. The van der Waals surface area contributed by atoms with Crippen LogP contribution in [-0.4, -0.2) is 28.9 Å². The van der Waals surface area contributed by atoms with Crippen molar-refractivity contribution in [2.75, 3.05) is 13.2 Å². The summed E-state index contributed by atoms with van der Waals surface area (Å²) in [7, 11) is 1.78. The second kappa shape index (κ2) is 6.12. The Morgan fingerprint density at radius 3 is 2.74 bits per heavy atom. The highest BCUT2D eigenvalue weighted by Gasteiger charge is 2.37. The molecular weight excluding hydrogens is 297 g/mol. The van der Waals surface area contributed by atoms with Crippen molar-refractivity contribution in [1.82, 2.24) is 15.1 Å². The highest BCUT2D eigenvalue weighted by molar-refractivity contribution is 5.94. The molecule has 1 aliphatic heterocycles. The SMILES string of the molecule is Cc1cn(C)nc1C(=O)NC1(c2cccc(F)c2)CCOCC1. The number of ether oxygens (including phenoxy) is 1. The van der Waals surface area contributed by atoms with Gasteiger partial charge < -0.3 is 10.1 Å². The molecule has 5 nitrogen and oxygen atoms in total. The number of nitrogens with one attached hydrogen (secondary N) is 1. The number of aryl methyl sites for hydroxylation is 2. The fourth-order valence-electron chi connectivity index (χ4n) is 3.10. The molecule has 0 spiro atoms. The summed E-state index contributed by atoms with van der Waals surface area (Å²) in [5.74, 6) is -0.550. The van der Waals surface area contributed by atoms with Gasteiger partial charge in [-0.3, -0.25) is 9.48 Å². The van der Waals surface area contributed by atoms with Crippen LogP contribution in [0.2, 0.25) is 0 Å². The number of nitrogens with zero attached hydrogens (tertiary/aromatic N) is 2. The van der Waals surface area contributed by atoms with Gasteiger partial charge in [-0.2, -0.15) is 5.10 Å². The van der Waals surface area contributed by atoms with Crippen LogP contribution < -0.4 is 5.32 Å². The molecule has 0 unspecified atom stereocenters. The lowest BCUT2D eigenvalue weighted by Crippen LogP contribution is -2.49. The Kier molecular flexibility index (Phi) is 4.17. The van der Waals surface area contributed by atoms with Crippen LogP contribution in [-0.2, 0) is 17.3 Å². The first kappa shape index (κ1) is 15.7. The third kappa shape index (κ3) is 3.12. The number of carbonyl (C=O) groups excluding carboxylic acids is 1. The number of amides is 1. The first-order chi connectivity index (χ1) is 11.0. The molecule has 0 atom stereocenters. The number of hydrogen-bond acceptors (Lipinski definition) is 3. The van der Waals surface area contributed by atoms with Crippen LogP contribution in [0.3, 0.4) is 0 Å². The van der Waals surface area contributed by atoms with Crippen molar-refractivity contribution >= 4 is 5.91 Å². The maximum Gasteiger partial charge on any atom is 0.272 e. The number of hydrogen-bond donors (Lipinski definition) is 1. The van der Waals surface area contributed by atoms with E-state index in [0.717, 1.165) is 11.1 Å². The Morgan fingerprint density at radius 2 is 2.13 bits per heavy atom. The van der Waals surface area contributed by atoms with E-state index in [2.05, 4.69) is 10.4 Å². The van der Waals surface area contributed by atoms with Crippen molar-refractivity contribution in [2.24, 2.45) is 7.05 Å². The van der Waals surface area contributed by atoms with Gasteiger partial charge in [0.25, 0.3) is 5.91 Å². The van der Waals surface area contributed by atoms with Crippen LogP contribution in [0.1, 0.15) is 34.5 Å². The van der Waals surface area contributed by atoms with E-state index in [1.54, 1.807) is 24.0 Å². The van der Waals surface area contributed by atoms with E-state index in [1.165, 1.54) is 12.1 Å². The van der Waals surface area contributed by atoms with Crippen LogP contribution in [0.15, 0.2) is 30.5 Å². The zero-order valence-electron chi connectivity index (χ0n) is 13.3. The summed E-state index contributed by atoms with van der Waals surface area (Å²) in [5.41, 5.74) is 1.35. The zero-order valence-corrected chi connectivity index (χ0v) is 13.3. The minimum Gasteiger partial charge on any atom is -0.381 e. The molecule has 1 aromatic heterocycles. The van der Waals surface area contributed by atoms with Crippen LogP contribution in [0.25, 0.3) is 0 Å². The first-order valence-corrected chi connectivity index (χ1v) is 7.67. The molecule has 2 heterocycles. The quantitative estimate of drug-likeness (QED) is 0.945. The lowest BCUT2D eigenvalue weighted by molar-refractivity contribution is 0.0342. The van der Waals surface area contributed by atoms with Gasteiger partial charge in [0, 0.05) is 32.0 Å². The highest BCUT2D eigenvalue weighted by atomic mass is 19.1. The molecule has 0 aliphatic carbocycles. The average molecular weight is 317 g/mol. The molecule has 1 fully saturated rings. The summed E-state index contributed by atoms with van der Waals surface area (Å²) in [6.07, 6.45) is 3.01. The fourth-order valence-corrected chi connectivity index (χ4v) is 3.10. The van der Waals surface area contributed by atoms with Crippen LogP contribution in [0.4, 0.5) is 4.39 Å². The molecule has 0 bridgehead atoms. The Labute approximate surface area is 134 Å². The van der Waals surface area contributed by atoms with Crippen molar-refractivity contribution in [2.45, 2.75) is 25.3 Å². The van der Waals surface area contributed by atoms with E-state index in [-0.39, 0.29) is 11.7 Å². The number of carbonyl (C=O) groups is 1. The van der Waals surface area contributed by atoms with E-state index in [9.17, 15) is 9.18 Å². The van der Waals surface area contributed by atoms with Crippen LogP contribution in [0.5, 0.6) is 0 Å². The minimum atomic E-state index is -0.624. The van der Waals surface area contributed by atoms with E-state index in [0.29, 0.717) is 31.7 Å². The predicted molar refractivity (Wildman–Crippen MR) is 83.5 cm³/mol. The van der Waals surface area contributed by atoms with Crippen LogP contribution in [0, 0.1) is 12.7 Å². The van der Waals surface area contributed by atoms with Crippen LogP contribution >= 0.6 is 0 Å². The van der Waals surface area contributed by atoms with Crippen molar-refractivity contribution in [3.63, 3.8) is 0 Å². The van der Waals surface area contributed by atoms with Gasteiger partial charge in [0.05, 0.1) is 5.54 Å². The lowest BCUT2D eigenvalue weighted by Gasteiger charge is -2.38. The maximum atomic E-state index is 13.7. The standard InChI is InChI=1S/C17H20FN3O2/c1-12-11-21(2)20-15(12)16(22)19-17(6-8-23-9-7-17)13-4-3-5-14(18)10-13/h3-5,10-11H,6-9H2,1-2H3,(H,19,22). The van der Waals surface area contributed by atoms with E-state index < -0.39 is 5.54 Å². The van der Waals surface area contributed by atoms with Gasteiger partial charge in [-0.1, -0.05) is 12.1 Å². The van der Waals surface area contributed by atoms with Gasteiger partial charge >= 0.3 is 0 Å². The van der Waals surface area contributed by atoms with E-state index >= 15 is 0 Å². The normalized spacial score (nSPS) is 17.0. The number of halogens is 1. The number of aromatic nitrogens is 2. The predicted octanol–water partition coefficient (Wildman–Crippen LogP) is 2.30. The Bertz CT molecular complexity index is 720. The smallest absolute Gasteiger partial charge is 0.272 e. The Hall–Kier alpha value is -2.21. The van der Waals surface area contributed by atoms with Gasteiger partial charge in [-0.05, 0) is 37.5 Å². The van der Waals surface area contributed by atoms with Crippen molar-refractivity contribution < 1.29 is 13.9 Å². The summed E-state index contributed by atoms with van der Waals surface area (Å²) < 4.78 is 20.7. The van der Waals surface area contributed by atoms with Gasteiger partial charge in [0.2, 0.25) is 0 Å². The van der Waals surface area contributed by atoms with Gasteiger partial charge in [-0.25, -0.2) is 4.39 Å². The highest BCUT2D eigenvalue weighted by Crippen LogP contribution is 2.33. The number of rotatable bonds is 3. The van der Waals surface area contributed by atoms with E-state index in [4.69, 9.17) is 4.74 Å². The Morgan fingerprint density at radius 1 is 1.39 bits per heavy atom. The summed E-state index contributed by atoms with van der Waals surface area (Å²) in [5, 5.41) is 7.30. The van der Waals surface area contributed by atoms with Crippen molar-refractivity contribution in [3.8, 4) is 0 Å². The Balaban J connectivity index is 1.93. The molecule has 122 valence electrons. The lowest BCUT2D eigenvalue weighted by atomic mass is 9.82. The fraction of sp³-hybridized carbons (Fsp3) is 0.412. The summed E-state index contributed by atoms with van der Waals surface area (Å²) in [6.45, 7) is 2.90. The minimum absolute atomic E-state index is 0.241. The molecule has 1 N–H and O–H groups in total. The molecule has 1 amide bonds. The second-order valence-electron chi connectivity index (χ2n) is 5.99. The van der Waals surface area contributed by atoms with Gasteiger partial charge in [0.15, 0.2) is 5.69 Å². The summed E-state index contributed by atoms with van der Waals surface area (Å²) in [6, 6.07) is 6.40. The molecule has 2 aromatic rings. The first-order valence-electron chi connectivity index (χ1n) is 7.67. The molecule has 1 aromatic carbocycles. The zero-order chi connectivity index (χ0) is 16.4. The molecule has 23 heavy (non-hydrogen) atoms. The maximum absolute atomic E-state index is 13.7. The third-order valence-electron chi connectivity index (χ3n) is 4.30. The summed E-state index contributed by atoms with van der Waals surface area (Å²) in [4.78, 5) is 12.7. The largest absolute Gasteiger partial charge is 0.381 e. The third-order valence-corrected chi connectivity index (χ3v) is 4.30. The molecule has 3 rings (SSSR count). The van der Waals surface area contributed by atoms with Crippen molar-refractivity contribution in [3.05, 3.63) is 53.1 Å². The molecular formula is C17H20FN3O2. The van der Waals surface area contributed by atoms with Gasteiger partial charge in [0.1, 0.15) is 5.82 Å². The number of benzene rings is 1. The molecule has 6 heteroatoms. The molecule has 0 saturated carbocycles. The van der Waals surface area contributed by atoms with E-state index in [1.807, 2.05) is 13.0 Å². The van der Waals surface area contributed by atoms with Crippen molar-refractivity contribution in [1.29, 1.82) is 0 Å². The monoisotopic (exact) mass is 317 g/mol. The molecule has 0 radical (unpaired) electrons. The molecule has 1 aliphatic rings.